The number of unbranched alkanes of at least 4 members (excludes halogenated alkanes) is 20. The van der Waals surface area contributed by atoms with E-state index in [1.165, 1.54) is 77.0 Å². The van der Waals surface area contributed by atoms with Crippen LogP contribution in [0.3, 0.4) is 0 Å². The van der Waals surface area contributed by atoms with Crippen LogP contribution in [0.15, 0.2) is 0 Å². The maximum Gasteiger partial charge on any atom is 2.00 e. The van der Waals surface area contributed by atoms with E-state index in [-0.39, 0.29) is 42.9 Å². The van der Waals surface area contributed by atoms with Gasteiger partial charge >= 0.3 is 16.5 Å². The van der Waals surface area contributed by atoms with Crippen molar-refractivity contribution < 1.29 is 53.5 Å². The molecule has 0 heterocycles. The van der Waals surface area contributed by atoms with Gasteiger partial charge in [0, 0.05) is 0 Å². The van der Waals surface area contributed by atoms with Crippen LogP contribution in [0.5, 0.6) is 0 Å². The van der Waals surface area contributed by atoms with Crippen molar-refractivity contribution >= 4 is 15.6 Å². The molecule has 0 atom stereocenters. The monoisotopic (exact) mass is 700 g/mol. The Morgan fingerprint density at radius 2 is 0.512 bits per heavy atom. The average molecular weight is 702 g/mol. The van der Waals surface area contributed by atoms with Crippen LogP contribution in [0.1, 0.15) is 182 Å². The van der Waals surface area contributed by atoms with Crippen molar-refractivity contribution in [3.8, 4) is 0 Å². The van der Waals surface area contributed by atoms with Gasteiger partial charge in [0.2, 0.25) is 0 Å². The zero-order valence-electron chi connectivity index (χ0n) is 28.3. The summed E-state index contributed by atoms with van der Waals surface area (Å²) in [4.78, 5) is 23.0. The van der Waals surface area contributed by atoms with E-state index in [2.05, 4.69) is 27.7 Å². The van der Waals surface area contributed by atoms with Crippen molar-refractivity contribution in [2.24, 2.45) is 0 Å². The van der Waals surface area contributed by atoms with Gasteiger partial charge in [-0.1, -0.05) is 156 Å². The molecule has 0 aromatic carbocycles. The van der Waals surface area contributed by atoms with Gasteiger partial charge in [-0.15, -0.1) is 0 Å². The van der Waals surface area contributed by atoms with Crippen molar-refractivity contribution in [3.05, 3.63) is 0 Å². The minimum Gasteiger partial charge on any atom is -0.756 e. The number of rotatable bonds is 32. The van der Waals surface area contributed by atoms with Gasteiger partial charge in [0.1, 0.15) is 0 Å². The van der Waals surface area contributed by atoms with E-state index in [1.54, 1.807) is 0 Å². The summed E-state index contributed by atoms with van der Waals surface area (Å²) in [7, 11) is -8.13. The molecule has 43 heavy (non-hydrogen) atoms. The average Bonchev–Trinajstić information content (AvgIpc) is 2.95. The summed E-state index contributed by atoms with van der Waals surface area (Å²) >= 11 is 0. The van der Waals surface area contributed by atoms with Crippen LogP contribution in [0, 0.1) is 0 Å². The minimum absolute atomic E-state index is 0. The number of hydrogen-bond donors (Lipinski definition) is 0. The van der Waals surface area contributed by atoms with E-state index in [4.69, 9.17) is 18.1 Å². The van der Waals surface area contributed by atoms with Gasteiger partial charge in [0.15, 0.2) is 0 Å². The maximum atomic E-state index is 11.5. The molecule has 0 radical (unpaired) electrons. The minimum atomic E-state index is -4.07. The molecule has 0 aromatic heterocycles. The third-order valence-electron chi connectivity index (χ3n) is 6.99. The van der Waals surface area contributed by atoms with Crippen LogP contribution in [-0.4, -0.2) is 26.4 Å². The molecule has 11 heteroatoms. The predicted molar refractivity (Wildman–Crippen MR) is 173 cm³/mol. The first-order valence-electron chi connectivity index (χ1n) is 17.4. The van der Waals surface area contributed by atoms with Gasteiger partial charge in [-0.2, -0.15) is 0 Å². The zero-order chi connectivity index (χ0) is 31.6. The van der Waals surface area contributed by atoms with Crippen LogP contribution < -0.4 is 9.79 Å². The van der Waals surface area contributed by atoms with Crippen LogP contribution in [0.25, 0.3) is 0 Å². The normalized spacial score (nSPS) is 11.7. The quantitative estimate of drug-likeness (QED) is 0.0386. The number of hydrogen-bond acceptors (Lipinski definition) is 8. The van der Waals surface area contributed by atoms with Crippen molar-refractivity contribution in [2.45, 2.75) is 182 Å². The number of phosphoric ester groups is 2. The van der Waals surface area contributed by atoms with E-state index in [1.807, 2.05) is 0 Å². The summed E-state index contributed by atoms with van der Waals surface area (Å²) in [6, 6.07) is 0. The van der Waals surface area contributed by atoms with E-state index >= 15 is 0 Å². The summed E-state index contributed by atoms with van der Waals surface area (Å²) in [6.45, 7) is 9.73. The SMILES string of the molecule is CCCCCCCCOP(=O)([O-])OCCCCCCCC.CCCCCCCCOP(=O)([O-])OCCCCCCCC.[Ni+2]. The summed E-state index contributed by atoms with van der Waals surface area (Å²) in [6.07, 6.45) is 26.6. The van der Waals surface area contributed by atoms with Crippen molar-refractivity contribution in [3.63, 3.8) is 0 Å². The number of phosphoric acid groups is 2. The molecular weight excluding hydrogens is 633 g/mol. The van der Waals surface area contributed by atoms with Crippen LogP contribution in [0.4, 0.5) is 0 Å². The fraction of sp³-hybridized carbons (Fsp3) is 1.00. The second-order valence-electron chi connectivity index (χ2n) is 11.3. The van der Waals surface area contributed by atoms with E-state index < -0.39 is 15.6 Å². The summed E-state index contributed by atoms with van der Waals surface area (Å²) in [5, 5.41) is 0. The second-order valence-corrected chi connectivity index (χ2v) is 14.1. The van der Waals surface area contributed by atoms with Gasteiger partial charge in [-0.05, 0) is 25.7 Å². The Kier molecular flexibility index (Phi) is 41.6. The molecule has 0 saturated carbocycles. The Morgan fingerprint density at radius 3 is 0.698 bits per heavy atom. The Morgan fingerprint density at radius 1 is 0.349 bits per heavy atom. The molecule has 0 bridgehead atoms. The Bertz CT molecular complexity index is 532. The van der Waals surface area contributed by atoms with Crippen molar-refractivity contribution in [1.82, 2.24) is 0 Å². The molecule has 0 spiro atoms. The molecule has 0 aromatic rings. The molecule has 0 aliphatic rings. The third-order valence-corrected chi connectivity index (χ3v) is 8.98. The van der Waals surface area contributed by atoms with Crippen molar-refractivity contribution in [2.75, 3.05) is 26.4 Å². The molecular formula is C32H68NiO8P2. The van der Waals surface area contributed by atoms with E-state index in [0.717, 1.165) is 77.0 Å². The first-order chi connectivity index (χ1) is 20.2. The maximum absolute atomic E-state index is 11.5. The molecule has 0 fully saturated rings. The summed E-state index contributed by atoms with van der Waals surface area (Å²) in [5.41, 5.74) is 0. The van der Waals surface area contributed by atoms with Gasteiger partial charge < -0.3 is 27.9 Å². The molecule has 0 aliphatic carbocycles. The first kappa shape index (κ1) is 48.1. The Hall–Kier alpha value is 0.714. The zero-order valence-corrected chi connectivity index (χ0v) is 31.1. The topological polar surface area (TPSA) is 117 Å². The molecule has 0 aliphatic heterocycles. The molecule has 0 saturated heterocycles. The molecule has 0 amide bonds. The largest absolute Gasteiger partial charge is 2.00 e. The fourth-order valence-corrected chi connectivity index (χ4v) is 5.87. The van der Waals surface area contributed by atoms with Gasteiger partial charge in [0.05, 0.1) is 26.4 Å². The van der Waals surface area contributed by atoms with Crippen molar-refractivity contribution in [1.29, 1.82) is 0 Å². The molecule has 264 valence electrons. The fourth-order valence-electron chi connectivity index (χ4n) is 4.31. The molecule has 8 nitrogen and oxygen atoms in total. The summed E-state index contributed by atoms with van der Waals surface area (Å²) < 4.78 is 42.4. The Labute approximate surface area is 276 Å². The Balaban J connectivity index is -0.000000727. The van der Waals surface area contributed by atoms with Crippen LogP contribution in [-0.2, 0) is 43.7 Å². The summed E-state index contributed by atoms with van der Waals surface area (Å²) in [5.74, 6) is 0. The molecule has 0 N–H and O–H groups in total. The van der Waals surface area contributed by atoms with Crippen LogP contribution in [0.2, 0.25) is 0 Å². The van der Waals surface area contributed by atoms with E-state index in [0.29, 0.717) is 0 Å². The van der Waals surface area contributed by atoms with E-state index in [9.17, 15) is 18.9 Å². The first-order valence-corrected chi connectivity index (χ1v) is 20.4. The van der Waals surface area contributed by atoms with Crippen LogP contribution >= 0.6 is 15.6 Å². The predicted octanol–water partition coefficient (Wildman–Crippen LogP) is 10.4. The molecule has 0 unspecified atom stereocenters. The van der Waals surface area contributed by atoms with Gasteiger partial charge in [-0.3, -0.25) is 9.13 Å². The molecule has 0 rings (SSSR count). The smallest absolute Gasteiger partial charge is 0.756 e. The van der Waals surface area contributed by atoms with Gasteiger partial charge in [0.25, 0.3) is 15.6 Å². The standard InChI is InChI=1S/2C16H35O4P.Ni/c2*1-3-5-7-9-11-13-15-19-21(17,18)20-16-14-12-10-8-6-4-2;/h2*3-16H2,1-2H3,(H,17,18);/q;;+2/p-2. The third kappa shape index (κ3) is 42.7. The van der Waals surface area contributed by atoms with Gasteiger partial charge in [-0.25, -0.2) is 0 Å². The second kappa shape index (κ2) is 37.2.